The Morgan fingerprint density at radius 2 is 2.00 bits per heavy atom. The van der Waals surface area contributed by atoms with E-state index in [4.69, 9.17) is 16.3 Å². The SMILES string of the molecule is CC1(C)C[C@@H](C[C@@H](C#N)NC(=O)[C@H](CC2CC2)NC(=O)OCC(C)(C)c2cccc(Cl)c2)C(=O)N1. The summed E-state index contributed by atoms with van der Waals surface area (Å²) in [5.41, 5.74) is 0.128. The fraction of sp³-hybridized carbons (Fsp3) is 0.615. The van der Waals surface area contributed by atoms with Gasteiger partial charge in [-0.05, 0) is 56.7 Å². The Hall–Kier alpha value is -2.79. The first-order valence-electron chi connectivity index (χ1n) is 12.1. The first kappa shape index (κ1) is 26.8. The van der Waals surface area contributed by atoms with Crippen LogP contribution in [-0.4, -0.2) is 42.1 Å². The number of amides is 3. The minimum Gasteiger partial charge on any atom is -0.449 e. The standard InChI is InChI=1S/C26H35ClN4O4/c1-25(2,18-6-5-7-19(27)12-18)15-35-24(34)30-21(10-16-8-9-16)23(33)29-20(14-28)11-17-13-26(3,4)31-22(17)32/h5-7,12,16-17,20-21H,8-11,13,15H2,1-4H3,(H,29,33)(H,30,34)(H,31,32)/t17-,20+,21+/m1/s1. The van der Waals surface area contributed by atoms with Crippen LogP contribution >= 0.6 is 11.6 Å². The second kappa shape index (κ2) is 10.9. The number of ether oxygens (including phenoxy) is 1. The van der Waals surface area contributed by atoms with E-state index >= 15 is 0 Å². The molecule has 0 spiro atoms. The van der Waals surface area contributed by atoms with Gasteiger partial charge in [-0.15, -0.1) is 0 Å². The Bertz CT molecular complexity index is 999. The van der Waals surface area contributed by atoms with E-state index in [1.54, 1.807) is 6.07 Å². The lowest BCUT2D eigenvalue weighted by Gasteiger charge is -2.26. The number of nitrogens with one attached hydrogen (secondary N) is 3. The highest BCUT2D eigenvalue weighted by atomic mass is 35.5. The third-order valence-corrected chi connectivity index (χ3v) is 6.86. The number of carbonyl (C=O) groups excluding carboxylic acids is 3. The minimum absolute atomic E-state index is 0.102. The summed E-state index contributed by atoms with van der Waals surface area (Å²) >= 11 is 6.09. The van der Waals surface area contributed by atoms with Crippen LogP contribution in [0.5, 0.6) is 0 Å². The Morgan fingerprint density at radius 3 is 2.57 bits per heavy atom. The first-order valence-corrected chi connectivity index (χ1v) is 12.5. The number of hydrogen-bond donors (Lipinski definition) is 3. The molecule has 9 heteroatoms. The van der Waals surface area contributed by atoms with Crippen LogP contribution in [0.25, 0.3) is 0 Å². The van der Waals surface area contributed by atoms with Crippen molar-refractivity contribution < 1.29 is 19.1 Å². The van der Waals surface area contributed by atoms with Crippen molar-refractivity contribution in [3.05, 3.63) is 34.9 Å². The van der Waals surface area contributed by atoms with Crippen molar-refractivity contribution in [2.24, 2.45) is 11.8 Å². The van der Waals surface area contributed by atoms with Gasteiger partial charge >= 0.3 is 6.09 Å². The average molecular weight is 503 g/mol. The molecule has 1 saturated heterocycles. The molecule has 1 aromatic rings. The molecule has 2 fully saturated rings. The molecule has 1 aliphatic carbocycles. The van der Waals surface area contributed by atoms with E-state index in [1.165, 1.54) is 0 Å². The molecule has 0 bridgehead atoms. The Morgan fingerprint density at radius 1 is 1.29 bits per heavy atom. The monoisotopic (exact) mass is 502 g/mol. The maximum absolute atomic E-state index is 13.0. The van der Waals surface area contributed by atoms with E-state index in [9.17, 15) is 19.6 Å². The number of nitrogens with zero attached hydrogens (tertiary/aromatic N) is 1. The van der Waals surface area contributed by atoms with Gasteiger partial charge in [0, 0.05) is 21.9 Å². The van der Waals surface area contributed by atoms with Crippen LogP contribution in [0.2, 0.25) is 5.02 Å². The Balaban J connectivity index is 1.56. The van der Waals surface area contributed by atoms with Crippen molar-refractivity contribution in [2.75, 3.05) is 6.61 Å². The van der Waals surface area contributed by atoms with Crippen LogP contribution in [0.15, 0.2) is 24.3 Å². The molecule has 1 aromatic carbocycles. The van der Waals surface area contributed by atoms with E-state index < -0.39 is 29.5 Å². The van der Waals surface area contributed by atoms with E-state index in [0.717, 1.165) is 18.4 Å². The third-order valence-electron chi connectivity index (χ3n) is 6.63. The van der Waals surface area contributed by atoms with Crippen molar-refractivity contribution >= 4 is 29.5 Å². The van der Waals surface area contributed by atoms with Crippen molar-refractivity contribution in [3.63, 3.8) is 0 Å². The molecule has 3 N–H and O–H groups in total. The number of halogens is 1. The van der Waals surface area contributed by atoms with Crippen LogP contribution < -0.4 is 16.0 Å². The highest BCUT2D eigenvalue weighted by molar-refractivity contribution is 6.30. The summed E-state index contributed by atoms with van der Waals surface area (Å²) in [6.07, 6.45) is 2.62. The number of rotatable bonds is 10. The van der Waals surface area contributed by atoms with Crippen molar-refractivity contribution in [1.29, 1.82) is 5.26 Å². The lowest BCUT2D eigenvalue weighted by atomic mass is 9.86. The highest BCUT2D eigenvalue weighted by Gasteiger charge is 2.39. The maximum atomic E-state index is 13.0. The van der Waals surface area contributed by atoms with Crippen LogP contribution in [-0.2, 0) is 19.7 Å². The third kappa shape index (κ3) is 7.86. The summed E-state index contributed by atoms with van der Waals surface area (Å²) in [5, 5.41) is 18.5. The van der Waals surface area contributed by atoms with Crippen LogP contribution in [0.1, 0.15) is 65.4 Å². The highest BCUT2D eigenvalue weighted by Crippen LogP contribution is 2.34. The Labute approximate surface area is 212 Å². The number of alkyl carbamates (subject to hydrolysis) is 1. The van der Waals surface area contributed by atoms with Gasteiger partial charge in [0.1, 0.15) is 18.7 Å². The molecule has 3 atom stereocenters. The van der Waals surface area contributed by atoms with E-state index in [2.05, 4.69) is 22.0 Å². The molecular weight excluding hydrogens is 468 g/mol. The Kier molecular flexibility index (Phi) is 8.32. The minimum atomic E-state index is -0.826. The van der Waals surface area contributed by atoms with E-state index in [-0.39, 0.29) is 30.4 Å². The molecule has 0 radical (unpaired) electrons. The summed E-state index contributed by atoms with van der Waals surface area (Å²) in [7, 11) is 0. The fourth-order valence-electron chi connectivity index (χ4n) is 4.43. The predicted molar refractivity (Wildman–Crippen MR) is 133 cm³/mol. The van der Waals surface area contributed by atoms with E-state index in [0.29, 0.717) is 23.8 Å². The van der Waals surface area contributed by atoms with Crippen LogP contribution in [0.3, 0.4) is 0 Å². The molecule has 3 rings (SSSR count). The lowest BCUT2D eigenvalue weighted by Crippen LogP contribution is -2.50. The molecule has 0 unspecified atom stereocenters. The normalized spacial score (nSPS) is 20.8. The topological polar surface area (TPSA) is 120 Å². The van der Waals surface area contributed by atoms with Gasteiger partial charge in [0.25, 0.3) is 0 Å². The summed E-state index contributed by atoms with van der Waals surface area (Å²) in [4.78, 5) is 37.8. The largest absolute Gasteiger partial charge is 0.449 e. The summed E-state index contributed by atoms with van der Waals surface area (Å²) in [5.74, 6) is -0.533. The number of carbonyl (C=O) groups is 3. The van der Waals surface area contributed by atoms with Crippen molar-refractivity contribution in [2.45, 2.75) is 82.8 Å². The average Bonchev–Trinajstić information content (AvgIpc) is 3.55. The van der Waals surface area contributed by atoms with Crippen molar-refractivity contribution in [3.8, 4) is 6.07 Å². The van der Waals surface area contributed by atoms with Gasteiger partial charge in [0.2, 0.25) is 11.8 Å². The molecule has 2 aliphatic rings. The van der Waals surface area contributed by atoms with E-state index in [1.807, 2.05) is 45.9 Å². The van der Waals surface area contributed by atoms with Gasteiger partial charge in [-0.25, -0.2) is 4.79 Å². The molecule has 35 heavy (non-hydrogen) atoms. The van der Waals surface area contributed by atoms with Gasteiger partial charge in [0.15, 0.2) is 0 Å². The lowest BCUT2D eigenvalue weighted by molar-refractivity contribution is -0.125. The van der Waals surface area contributed by atoms with Crippen molar-refractivity contribution in [1.82, 2.24) is 16.0 Å². The molecule has 1 aliphatic heterocycles. The second-order valence-electron chi connectivity index (χ2n) is 11.0. The van der Waals surface area contributed by atoms with Crippen LogP contribution in [0, 0.1) is 23.2 Å². The second-order valence-corrected chi connectivity index (χ2v) is 11.5. The van der Waals surface area contributed by atoms with Gasteiger partial charge in [-0.3, -0.25) is 9.59 Å². The van der Waals surface area contributed by atoms with Gasteiger partial charge in [-0.1, -0.05) is 50.4 Å². The number of hydrogen-bond acceptors (Lipinski definition) is 5. The number of benzene rings is 1. The molecular formula is C26H35ClN4O4. The molecule has 190 valence electrons. The molecule has 8 nitrogen and oxygen atoms in total. The summed E-state index contributed by atoms with van der Waals surface area (Å²) < 4.78 is 5.47. The quantitative estimate of drug-likeness (QED) is 0.449. The number of nitriles is 1. The first-order chi connectivity index (χ1) is 16.4. The van der Waals surface area contributed by atoms with Gasteiger partial charge in [0.05, 0.1) is 6.07 Å². The smallest absolute Gasteiger partial charge is 0.407 e. The molecule has 1 saturated carbocycles. The zero-order chi connectivity index (χ0) is 25.8. The molecule has 3 amide bonds. The fourth-order valence-corrected chi connectivity index (χ4v) is 4.62. The zero-order valence-corrected chi connectivity index (χ0v) is 21.6. The summed E-state index contributed by atoms with van der Waals surface area (Å²) in [6.45, 7) is 7.85. The van der Waals surface area contributed by atoms with Crippen LogP contribution in [0.4, 0.5) is 4.79 Å². The van der Waals surface area contributed by atoms with Gasteiger partial charge in [-0.2, -0.15) is 5.26 Å². The summed E-state index contributed by atoms with van der Waals surface area (Å²) in [6, 6.07) is 7.83. The zero-order valence-electron chi connectivity index (χ0n) is 20.8. The maximum Gasteiger partial charge on any atom is 0.407 e. The predicted octanol–water partition coefficient (Wildman–Crippen LogP) is 3.83. The van der Waals surface area contributed by atoms with Gasteiger partial charge < -0.3 is 20.7 Å². The molecule has 0 aromatic heterocycles. The molecule has 1 heterocycles.